The Balaban J connectivity index is 2.17. The Morgan fingerprint density at radius 3 is 2.48 bits per heavy atom. The summed E-state index contributed by atoms with van der Waals surface area (Å²) in [4.78, 5) is 26.8. The minimum absolute atomic E-state index is 0.124. The Morgan fingerprint density at radius 1 is 1.19 bits per heavy atom. The third kappa shape index (κ3) is 6.10. The van der Waals surface area contributed by atoms with E-state index in [2.05, 4.69) is 21.2 Å². The van der Waals surface area contributed by atoms with E-state index in [9.17, 15) is 9.59 Å². The van der Waals surface area contributed by atoms with E-state index in [1.165, 1.54) is 0 Å². The monoisotopic (exact) mass is 432 g/mol. The van der Waals surface area contributed by atoms with Gasteiger partial charge in [-0.3, -0.25) is 9.59 Å². The van der Waals surface area contributed by atoms with Crippen LogP contribution in [0.15, 0.2) is 53.0 Å². The first-order valence-corrected chi connectivity index (χ1v) is 9.68. The number of hydrogen-bond acceptors (Lipinski definition) is 3. The third-order valence-electron chi connectivity index (χ3n) is 4.24. The summed E-state index contributed by atoms with van der Waals surface area (Å²) in [5.74, 6) is 0.201. The van der Waals surface area contributed by atoms with E-state index in [4.69, 9.17) is 4.74 Å². The van der Waals surface area contributed by atoms with Crippen molar-refractivity contribution in [1.82, 2.24) is 10.2 Å². The van der Waals surface area contributed by atoms with Crippen LogP contribution in [0.5, 0.6) is 5.75 Å². The number of benzene rings is 2. The zero-order valence-electron chi connectivity index (χ0n) is 15.9. The normalized spacial score (nSPS) is 11.6. The van der Waals surface area contributed by atoms with Gasteiger partial charge in [0.1, 0.15) is 11.8 Å². The van der Waals surface area contributed by atoms with Crippen molar-refractivity contribution in [3.8, 4) is 5.75 Å². The summed E-state index contributed by atoms with van der Waals surface area (Å²) < 4.78 is 6.57. The summed E-state index contributed by atoms with van der Waals surface area (Å²) in [6.45, 7) is 4.13. The predicted octanol–water partition coefficient (Wildman–Crippen LogP) is 3.69. The van der Waals surface area contributed by atoms with Crippen LogP contribution in [0.4, 0.5) is 0 Å². The maximum atomic E-state index is 12.9. The van der Waals surface area contributed by atoms with Crippen molar-refractivity contribution in [2.45, 2.75) is 32.9 Å². The van der Waals surface area contributed by atoms with Crippen LogP contribution in [0.3, 0.4) is 0 Å². The molecular weight excluding hydrogens is 408 g/mol. The maximum Gasteiger partial charge on any atom is 0.261 e. The predicted molar refractivity (Wildman–Crippen MR) is 110 cm³/mol. The molecule has 0 aliphatic rings. The molecule has 1 atom stereocenters. The van der Waals surface area contributed by atoms with Gasteiger partial charge in [-0.2, -0.15) is 0 Å². The fourth-order valence-electron chi connectivity index (χ4n) is 2.85. The van der Waals surface area contributed by atoms with Crippen LogP contribution in [-0.4, -0.2) is 36.4 Å². The van der Waals surface area contributed by atoms with Crippen LogP contribution in [-0.2, 0) is 16.1 Å². The van der Waals surface area contributed by atoms with Crippen molar-refractivity contribution < 1.29 is 14.3 Å². The fourth-order valence-corrected chi connectivity index (χ4v) is 3.12. The highest BCUT2D eigenvalue weighted by molar-refractivity contribution is 9.10. The van der Waals surface area contributed by atoms with Crippen molar-refractivity contribution in [2.24, 2.45) is 0 Å². The summed E-state index contributed by atoms with van der Waals surface area (Å²) in [5.41, 5.74) is 2.09. The first-order chi connectivity index (χ1) is 12.9. The fraction of sp³-hybridized carbons (Fsp3) is 0.333. The molecule has 0 aliphatic heterocycles. The van der Waals surface area contributed by atoms with Crippen molar-refractivity contribution in [1.29, 1.82) is 0 Å². The molecule has 144 valence electrons. The molecule has 0 fully saturated rings. The van der Waals surface area contributed by atoms with Gasteiger partial charge in [-0.15, -0.1) is 0 Å². The largest absolute Gasteiger partial charge is 0.484 e. The lowest BCUT2D eigenvalue weighted by molar-refractivity contribution is -0.142. The minimum atomic E-state index is -0.545. The molecule has 0 aliphatic carbocycles. The molecule has 0 heterocycles. The molecule has 2 aromatic rings. The average molecular weight is 433 g/mol. The van der Waals surface area contributed by atoms with E-state index in [0.29, 0.717) is 18.7 Å². The van der Waals surface area contributed by atoms with Gasteiger partial charge in [0, 0.05) is 18.1 Å². The average Bonchev–Trinajstić information content (AvgIpc) is 2.67. The van der Waals surface area contributed by atoms with Gasteiger partial charge in [0.15, 0.2) is 6.61 Å². The smallest absolute Gasteiger partial charge is 0.261 e. The molecule has 1 N–H and O–H groups in total. The van der Waals surface area contributed by atoms with Crippen molar-refractivity contribution in [2.75, 3.05) is 13.7 Å². The number of nitrogens with one attached hydrogen (secondary N) is 1. The zero-order chi connectivity index (χ0) is 19.8. The van der Waals surface area contributed by atoms with E-state index < -0.39 is 6.04 Å². The van der Waals surface area contributed by atoms with Gasteiger partial charge < -0.3 is 15.0 Å². The number of aryl methyl sites for hydroxylation is 1. The Hall–Kier alpha value is -2.34. The maximum absolute atomic E-state index is 12.9. The number of rotatable bonds is 8. The van der Waals surface area contributed by atoms with Crippen molar-refractivity contribution >= 4 is 27.7 Å². The molecule has 0 saturated heterocycles. The standard InChI is InChI=1S/C21H25BrN2O3/c1-4-19(21(26)23-3)24(13-16-7-5-6-15(2)12-16)20(25)14-27-18-10-8-17(22)9-11-18/h5-12,19H,4,13-14H2,1-3H3,(H,23,26)/t19-/m1/s1. The zero-order valence-corrected chi connectivity index (χ0v) is 17.5. The second kappa shape index (κ2) is 10.1. The number of carbonyl (C=O) groups is 2. The first-order valence-electron chi connectivity index (χ1n) is 8.89. The minimum Gasteiger partial charge on any atom is -0.484 e. The first kappa shape index (κ1) is 21.0. The highest BCUT2D eigenvalue weighted by Gasteiger charge is 2.28. The summed E-state index contributed by atoms with van der Waals surface area (Å²) >= 11 is 3.37. The lowest BCUT2D eigenvalue weighted by atomic mass is 10.1. The van der Waals surface area contributed by atoms with Gasteiger partial charge in [-0.05, 0) is 43.2 Å². The second-order valence-corrected chi connectivity index (χ2v) is 7.21. The van der Waals surface area contributed by atoms with E-state index in [-0.39, 0.29) is 18.4 Å². The van der Waals surface area contributed by atoms with E-state index in [1.807, 2.05) is 50.2 Å². The highest BCUT2D eigenvalue weighted by Crippen LogP contribution is 2.17. The quantitative estimate of drug-likeness (QED) is 0.691. The summed E-state index contributed by atoms with van der Waals surface area (Å²) in [6.07, 6.45) is 0.523. The SMILES string of the molecule is CC[C@H](C(=O)NC)N(Cc1cccc(C)c1)C(=O)COc1ccc(Br)cc1. The lowest BCUT2D eigenvalue weighted by Gasteiger charge is -2.30. The summed E-state index contributed by atoms with van der Waals surface area (Å²) in [6, 6.07) is 14.7. The second-order valence-electron chi connectivity index (χ2n) is 6.29. The topological polar surface area (TPSA) is 58.6 Å². The lowest BCUT2D eigenvalue weighted by Crippen LogP contribution is -2.49. The number of carbonyl (C=O) groups excluding carboxylic acids is 2. The number of likely N-dealkylation sites (N-methyl/N-ethyl adjacent to an activating group) is 1. The molecule has 0 spiro atoms. The van der Waals surface area contributed by atoms with Gasteiger partial charge in [-0.25, -0.2) is 0 Å². The molecule has 0 bridgehead atoms. The molecule has 6 heteroatoms. The molecule has 2 aromatic carbocycles. The summed E-state index contributed by atoms with van der Waals surface area (Å²) in [7, 11) is 1.58. The van der Waals surface area contributed by atoms with Crippen LogP contribution in [0.2, 0.25) is 0 Å². The molecule has 0 aromatic heterocycles. The molecular formula is C21H25BrN2O3. The Bertz CT molecular complexity index is 777. The molecule has 5 nitrogen and oxygen atoms in total. The van der Waals surface area contributed by atoms with E-state index in [0.717, 1.165) is 15.6 Å². The third-order valence-corrected chi connectivity index (χ3v) is 4.77. The van der Waals surface area contributed by atoms with Crippen molar-refractivity contribution in [3.05, 3.63) is 64.1 Å². The molecule has 0 unspecified atom stereocenters. The van der Waals surface area contributed by atoms with Crippen LogP contribution in [0.25, 0.3) is 0 Å². The van der Waals surface area contributed by atoms with E-state index in [1.54, 1.807) is 24.1 Å². The van der Waals surface area contributed by atoms with Crippen LogP contribution in [0.1, 0.15) is 24.5 Å². The van der Waals surface area contributed by atoms with E-state index >= 15 is 0 Å². The molecule has 0 saturated carbocycles. The number of halogens is 1. The van der Waals surface area contributed by atoms with Crippen molar-refractivity contribution in [3.63, 3.8) is 0 Å². The highest BCUT2D eigenvalue weighted by atomic mass is 79.9. The Morgan fingerprint density at radius 2 is 1.89 bits per heavy atom. The molecule has 0 radical (unpaired) electrons. The summed E-state index contributed by atoms with van der Waals surface area (Å²) in [5, 5.41) is 2.65. The number of amides is 2. The molecule has 2 amide bonds. The van der Waals surface area contributed by atoms with Crippen LogP contribution >= 0.6 is 15.9 Å². The number of nitrogens with zero attached hydrogens (tertiary/aromatic N) is 1. The van der Waals surface area contributed by atoms with Gasteiger partial charge in [0.25, 0.3) is 5.91 Å². The van der Waals surface area contributed by atoms with Crippen LogP contribution in [0, 0.1) is 6.92 Å². The Kier molecular flexibility index (Phi) is 7.85. The van der Waals surface area contributed by atoms with Gasteiger partial charge in [0.2, 0.25) is 5.91 Å². The Labute approximate surface area is 168 Å². The molecule has 27 heavy (non-hydrogen) atoms. The number of ether oxygens (including phenoxy) is 1. The number of hydrogen-bond donors (Lipinski definition) is 1. The van der Waals surface area contributed by atoms with Gasteiger partial charge >= 0.3 is 0 Å². The van der Waals surface area contributed by atoms with Gasteiger partial charge in [0.05, 0.1) is 0 Å². The van der Waals surface area contributed by atoms with Crippen LogP contribution < -0.4 is 10.1 Å². The molecule has 2 rings (SSSR count). The van der Waals surface area contributed by atoms with Gasteiger partial charge in [-0.1, -0.05) is 52.7 Å².